The van der Waals surface area contributed by atoms with Gasteiger partial charge in [-0.3, -0.25) is 4.79 Å². The monoisotopic (exact) mass is 581 g/mol. The highest BCUT2D eigenvalue weighted by molar-refractivity contribution is 5.93. The predicted octanol–water partition coefficient (Wildman–Crippen LogP) is 7.48. The first kappa shape index (κ1) is 33.4. The zero-order valence-corrected chi connectivity index (χ0v) is 25.8. The summed E-state index contributed by atoms with van der Waals surface area (Å²) < 4.78 is 27.8. The van der Waals surface area contributed by atoms with Crippen LogP contribution >= 0.6 is 0 Å². The Morgan fingerprint density at radius 1 is 1.10 bits per heavy atom. The number of imidazole rings is 1. The standard InChI is InChI=1S/C22H33N5O.C10H10F2.C2H6/c1-3-8-18(23)22(28)26-21-14-27(15-25-21)20-12-7-5-10-17(20)13-24-19-11-6-4-9-16(19)2;11-8-5-7-3-1-2-4-9(7)10(12)6-8;1-2/h5,7,10,12,14-16,18-19,24H,3-4,6,8-9,11,13,23H2,1-2H3,(H,26,28);5-6H,1-4H2;1-2H3. The van der Waals surface area contributed by atoms with Crippen LogP contribution in [0.15, 0.2) is 48.9 Å². The predicted molar refractivity (Wildman–Crippen MR) is 168 cm³/mol. The van der Waals surface area contributed by atoms with E-state index in [0.29, 0.717) is 18.3 Å². The van der Waals surface area contributed by atoms with Gasteiger partial charge in [-0.2, -0.15) is 0 Å². The second-order valence-corrected chi connectivity index (χ2v) is 11.2. The van der Waals surface area contributed by atoms with Gasteiger partial charge in [-0.25, -0.2) is 13.8 Å². The summed E-state index contributed by atoms with van der Waals surface area (Å²) >= 11 is 0. The van der Waals surface area contributed by atoms with E-state index < -0.39 is 11.9 Å². The molecule has 5 rings (SSSR count). The molecule has 1 fully saturated rings. The van der Waals surface area contributed by atoms with Gasteiger partial charge >= 0.3 is 0 Å². The molecular formula is C34H49F2N5O. The second-order valence-electron chi connectivity index (χ2n) is 11.2. The summed E-state index contributed by atoms with van der Waals surface area (Å²) in [5.74, 6) is 0.245. The van der Waals surface area contributed by atoms with Crippen LogP contribution < -0.4 is 16.4 Å². The Balaban J connectivity index is 0.000000286. The third-order valence-electron chi connectivity index (χ3n) is 8.08. The van der Waals surface area contributed by atoms with Crippen molar-refractivity contribution in [2.75, 3.05) is 5.32 Å². The molecule has 2 aliphatic carbocycles. The number of benzene rings is 2. The van der Waals surface area contributed by atoms with E-state index in [4.69, 9.17) is 5.73 Å². The number of nitrogens with one attached hydrogen (secondary N) is 2. The molecule has 8 heteroatoms. The molecule has 4 N–H and O–H groups in total. The van der Waals surface area contributed by atoms with E-state index in [0.717, 1.165) is 67.4 Å². The highest BCUT2D eigenvalue weighted by Gasteiger charge is 2.21. The van der Waals surface area contributed by atoms with Gasteiger partial charge in [0.2, 0.25) is 5.91 Å². The van der Waals surface area contributed by atoms with Crippen LogP contribution in [0.5, 0.6) is 0 Å². The minimum Gasteiger partial charge on any atom is -0.320 e. The second kappa shape index (κ2) is 17.1. The first-order valence-corrected chi connectivity index (χ1v) is 15.7. The zero-order valence-electron chi connectivity index (χ0n) is 25.8. The summed E-state index contributed by atoms with van der Waals surface area (Å²) in [6, 6.07) is 10.8. The largest absolute Gasteiger partial charge is 0.320 e. The zero-order chi connectivity index (χ0) is 30.5. The van der Waals surface area contributed by atoms with Crippen molar-refractivity contribution in [2.24, 2.45) is 11.7 Å². The number of hydrogen-bond acceptors (Lipinski definition) is 4. The third-order valence-corrected chi connectivity index (χ3v) is 8.08. The summed E-state index contributed by atoms with van der Waals surface area (Å²) in [6.07, 6.45) is 14.0. The van der Waals surface area contributed by atoms with Gasteiger partial charge in [-0.15, -0.1) is 0 Å². The fourth-order valence-electron chi connectivity index (χ4n) is 5.73. The van der Waals surface area contributed by atoms with Crippen molar-refractivity contribution in [2.45, 2.75) is 111 Å². The number of aryl methyl sites for hydroxylation is 1. The van der Waals surface area contributed by atoms with Crippen molar-refractivity contribution in [3.63, 3.8) is 0 Å². The maximum absolute atomic E-state index is 13.1. The van der Waals surface area contributed by atoms with Crippen molar-refractivity contribution >= 4 is 11.7 Å². The molecule has 1 amide bonds. The third kappa shape index (κ3) is 9.46. The van der Waals surface area contributed by atoms with Gasteiger partial charge < -0.3 is 20.9 Å². The number of rotatable bonds is 8. The van der Waals surface area contributed by atoms with Crippen molar-refractivity contribution in [3.8, 4) is 5.69 Å². The number of anilines is 1. The summed E-state index contributed by atoms with van der Waals surface area (Å²) in [6.45, 7) is 9.18. The molecule has 1 saturated carbocycles. The van der Waals surface area contributed by atoms with E-state index in [-0.39, 0.29) is 11.7 Å². The van der Waals surface area contributed by atoms with Gasteiger partial charge in [-0.1, -0.05) is 65.2 Å². The summed E-state index contributed by atoms with van der Waals surface area (Å²) in [5.41, 5.74) is 9.76. The Kier molecular flexibility index (Phi) is 13.6. The number of para-hydroxylation sites is 1. The number of carbonyl (C=O) groups is 1. The summed E-state index contributed by atoms with van der Waals surface area (Å²) in [4.78, 5) is 16.5. The maximum atomic E-state index is 13.1. The Bertz CT molecular complexity index is 1260. The van der Waals surface area contributed by atoms with Gasteiger partial charge in [-0.05, 0) is 79.7 Å². The van der Waals surface area contributed by atoms with Crippen molar-refractivity contribution < 1.29 is 13.6 Å². The molecule has 42 heavy (non-hydrogen) atoms. The molecule has 2 aliphatic rings. The molecule has 6 nitrogen and oxygen atoms in total. The molecule has 0 radical (unpaired) electrons. The lowest BCUT2D eigenvalue weighted by atomic mass is 9.86. The van der Waals surface area contributed by atoms with E-state index >= 15 is 0 Å². The van der Waals surface area contributed by atoms with Crippen molar-refractivity contribution in [1.82, 2.24) is 14.9 Å². The highest BCUT2D eigenvalue weighted by Crippen LogP contribution is 2.26. The van der Waals surface area contributed by atoms with E-state index in [1.165, 1.54) is 37.3 Å². The average molecular weight is 582 g/mol. The number of nitrogens with zero attached hydrogens (tertiary/aromatic N) is 2. The molecule has 1 heterocycles. The lowest BCUT2D eigenvalue weighted by Crippen LogP contribution is -2.36. The lowest BCUT2D eigenvalue weighted by Gasteiger charge is -2.30. The average Bonchev–Trinajstić information content (AvgIpc) is 3.46. The molecular weight excluding hydrogens is 532 g/mol. The SMILES string of the molecule is CC.CCCC(N)C(=O)Nc1cn(-c2ccccc2CNC2CCCCC2C)cn1.Fc1cc(F)c2c(c1)CCCC2. The fraction of sp³-hybridized carbons (Fsp3) is 0.529. The van der Waals surface area contributed by atoms with Crippen LogP contribution in [-0.2, 0) is 24.2 Å². The molecule has 3 aromatic rings. The van der Waals surface area contributed by atoms with Crippen molar-refractivity contribution in [3.05, 3.63) is 77.2 Å². The first-order chi connectivity index (χ1) is 20.4. The molecule has 3 atom stereocenters. The Hall–Kier alpha value is -3.10. The quantitative estimate of drug-likeness (QED) is 0.258. The highest BCUT2D eigenvalue weighted by atomic mass is 19.1. The number of carbonyl (C=O) groups excluding carboxylic acids is 1. The Morgan fingerprint density at radius 3 is 2.60 bits per heavy atom. The topological polar surface area (TPSA) is 85.0 Å². The van der Waals surface area contributed by atoms with E-state index in [1.807, 2.05) is 37.6 Å². The Labute approximate surface area is 250 Å². The Morgan fingerprint density at radius 2 is 1.83 bits per heavy atom. The van der Waals surface area contributed by atoms with Gasteiger partial charge in [0.05, 0.1) is 17.9 Å². The number of amides is 1. The number of hydrogen-bond donors (Lipinski definition) is 3. The number of aromatic nitrogens is 2. The number of nitrogens with two attached hydrogens (primary N) is 1. The molecule has 0 bridgehead atoms. The van der Waals surface area contributed by atoms with Crippen molar-refractivity contribution in [1.29, 1.82) is 0 Å². The van der Waals surface area contributed by atoms with E-state index in [2.05, 4.69) is 40.7 Å². The van der Waals surface area contributed by atoms with Gasteiger partial charge in [0.1, 0.15) is 18.0 Å². The molecule has 0 aliphatic heterocycles. The molecule has 230 valence electrons. The lowest BCUT2D eigenvalue weighted by molar-refractivity contribution is -0.117. The van der Waals surface area contributed by atoms with E-state index in [9.17, 15) is 13.6 Å². The molecule has 0 spiro atoms. The van der Waals surface area contributed by atoms with Crippen LogP contribution in [0, 0.1) is 17.6 Å². The number of halogens is 2. The maximum Gasteiger partial charge on any atom is 0.242 e. The van der Waals surface area contributed by atoms with Crippen LogP contribution in [0.4, 0.5) is 14.6 Å². The fourth-order valence-corrected chi connectivity index (χ4v) is 5.73. The van der Waals surface area contributed by atoms with Gasteiger partial charge in [0.25, 0.3) is 0 Å². The van der Waals surface area contributed by atoms with Crippen LogP contribution in [0.1, 0.15) is 95.8 Å². The van der Waals surface area contributed by atoms with Crippen LogP contribution in [0.25, 0.3) is 5.69 Å². The minimum atomic E-state index is -0.496. The molecule has 0 saturated heterocycles. The summed E-state index contributed by atoms with van der Waals surface area (Å²) in [7, 11) is 0. The van der Waals surface area contributed by atoms with Gasteiger partial charge in [0.15, 0.2) is 5.82 Å². The smallest absolute Gasteiger partial charge is 0.242 e. The molecule has 1 aromatic heterocycles. The van der Waals surface area contributed by atoms with Crippen LogP contribution in [-0.4, -0.2) is 27.5 Å². The minimum absolute atomic E-state index is 0.187. The van der Waals surface area contributed by atoms with E-state index in [1.54, 1.807) is 6.33 Å². The van der Waals surface area contributed by atoms with Crippen LogP contribution in [0.3, 0.4) is 0 Å². The van der Waals surface area contributed by atoms with Crippen LogP contribution in [0.2, 0.25) is 0 Å². The molecule has 3 unspecified atom stereocenters. The number of fused-ring (bicyclic) bond motifs is 1. The van der Waals surface area contributed by atoms with Gasteiger partial charge in [0, 0.05) is 18.7 Å². The normalized spacial score (nSPS) is 18.5. The first-order valence-electron chi connectivity index (χ1n) is 15.7. The molecule has 2 aromatic carbocycles. The summed E-state index contributed by atoms with van der Waals surface area (Å²) in [5, 5.41) is 6.56.